The molecule has 0 spiro atoms. The van der Waals surface area contributed by atoms with Gasteiger partial charge in [0.15, 0.2) is 17.1 Å². The molecule has 102 valence electrons. The first-order valence-corrected chi connectivity index (χ1v) is 6.08. The highest BCUT2D eigenvalue weighted by Gasteiger charge is 2.20. The summed E-state index contributed by atoms with van der Waals surface area (Å²) >= 11 is 0. The van der Waals surface area contributed by atoms with Crippen LogP contribution in [0.3, 0.4) is 0 Å². The molecule has 0 saturated heterocycles. The lowest BCUT2D eigenvalue weighted by atomic mass is 10.1. The summed E-state index contributed by atoms with van der Waals surface area (Å²) in [5.74, 6) is 0.547. The summed E-state index contributed by atoms with van der Waals surface area (Å²) < 4.78 is 16.0. The highest BCUT2D eigenvalue weighted by atomic mass is 16.5. The number of hydrogen-bond donors (Lipinski definition) is 0. The van der Waals surface area contributed by atoms with Gasteiger partial charge in [0, 0.05) is 18.6 Å². The molecule has 0 fully saturated rings. The van der Waals surface area contributed by atoms with E-state index in [1.54, 1.807) is 25.1 Å². The topological polar surface area (TPSA) is 69.7 Å². The van der Waals surface area contributed by atoms with Crippen molar-refractivity contribution in [1.82, 2.24) is 0 Å². The number of fused-ring (bicyclic) bond motifs is 3. The first kappa shape index (κ1) is 12.5. The number of benzene rings is 1. The summed E-state index contributed by atoms with van der Waals surface area (Å²) in [4.78, 5) is 23.6. The van der Waals surface area contributed by atoms with Crippen LogP contribution in [-0.2, 0) is 0 Å². The summed E-state index contributed by atoms with van der Waals surface area (Å²) in [6.45, 7) is 3.08. The number of hydrogen-bond acceptors (Lipinski definition) is 5. The molecule has 20 heavy (non-hydrogen) atoms. The van der Waals surface area contributed by atoms with Crippen LogP contribution in [0, 0.1) is 6.92 Å². The van der Waals surface area contributed by atoms with Crippen LogP contribution < -0.4 is 10.4 Å². The van der Waals surface area contributed by atoms with Crippen LogP contribution >= 0.6 is 0 Å². The zero-order valence-corrected chi connectivity index (χ0v) is 11.3. The fraction of sp³-hybridized carbons (Fsp3) is 0.200. The molecular formula is C15H12O5. The average molecular weight is 272 g/mol. The zero-order chi connectivity index (χ0) is 14.4. The lowest BCUT2D eigenvalue weighted by Gasteiger charge is -2.01. The Bertz CT molecular complexity index is 898. The van der Waals surface area contributed by atoms with Crippen molar-refractivity contribution in [3.05, 3.63) is 39.9 Å². The van der Waals surface area contributed by atoms with Crippen LogP contribution in [0.15, 0.2) is 31.8 Å². The molecule has 0 bridgehead atoms. The normalized spacial score (nSPS) is 11.2. The van der Waals surface area contributed by atoms with Crippen molar-refractivity contribution >= 4 is 27.7 Å². The fourth-order valence-corrected chi connectivity index (χ4v) is 2.34. The molecule has 0 amide bonds. The standard InChI is InChI=1S/C15H12O5/c1-7-12-14(20-13(7)8(2)16)10-5-4-9(18-3)6-11(10)19-15(12)17/h4-6H,1-3H3. The molecular weight excluding hydrogens is 260 g/mol. The number of ether oxygens (including phenoxy) is 1. The lowest BCUT2D eigenvalue weighted by Crippen LogP contribution is -2.00. The Hall–Kier alpha value is -2.56. The molecule has 0 aliphatic carbocycles. The first-order chi connectivity index (χ1) is 9.52. The van der Waals surface area contributed by atoms with Gasteiger partial charge in [-0.2, -0.15) is 0 Å². The van der Waals surface area contributed by atoms with Crippen LogP contribution in [-0.4, -0.2) is 12.9 Å². The number of carbonyl (C=O) groups excluding carboxylic acids is 1. The van der Waals surface area contributed by atoms with Gasteiger partial charge in [-0.05, 0) is 19.1 Å². The van der Waals surface area contributed by atoms with Gasteiger partial charge >= 0.3 is 5.63 Å². The molecule has 3 aromatic rings. The minimum Gasteiger partial charge on any atom is -0.497 e. The van der Waals surface area contributed by atoms with Gasteiger partial charge < -0.3 is 13.6 Å². The Morgan fingerprint density at radius 1 is 1.25 bits per heavy atom. The van der Waals surface area contributed by atoms with Gasteiger partial charge in [-0.1, -0.05) is 0 Å². The van der Waals surface area contributed by atoms with E-state index in [4.69, 9.17) is 13.6 Å². The van der Waals surface area contributed by atoms with Crippen LogP contribution in [0.25, 0.3) is 21.9 Å². The van der Waals surface area contributed by atoms with Crippen LogP contribution in [0.5, 0.6) is 5.75 Å². The van der Waals surface area contributed by atoms with E-state index >= 15 is 0 Å². The number of carbonyl (C=O) groups is 1. The number of furan rings is 1. The van der Waals surface area contributed by atoms with E-state index in [9.17, 15) is 9.59 Å². The summed E-state index contributed by atoms with van der Waals surface area (Å²) in [6, 6.07) is 5.10. The van der Waals surface area contributed by atoms with E-state index in [-0.39, 0.29) is 11.5 Å². The molecule has 1 aromatic carbocycles. The van der Waals surface area contributed by atoms with E-state index < -0.39 is 5.63 Å². The number of rotatable bonds is 2. The van der Waals surface area contributed by atoms with E-state index in [0.29, 0.717) is 33.3 Å². The molecule has 0 atom stereocenters. The Kier molecular flexibility index (Phi) is 2.64. The maximum Gasteiger partial charge on any atom is 0.347 e. The molecule has 0 saturated carbocycles. The predicted molar refractivity (Wildman–Crippen MR) is 73.5 cm³/mol. The van der Waals surface area contributed by atoms with Crippen LogP contribution in [0.2, 0.25) is 0 Å². The maximum atomic E-state index is 12.1. The minimum atomic E-state index is -0.519. The van der Waals surface area contributed by atoms with E-state index in [0.717, 1.165) is 0 Å². The molecule has 0 unspecified atom stereocenters. The Labute approximate surface area is 113 Å². The smallest absolute Gasteiger partial charge is 0.347 e. The van der Waals surface area contributed by atoms with Gasteiger partial charge in [0.1, 0.15) is 16.7 Å². The Morgan fingerprint density at radius 2 is 2.00 bits per heavy atom. The zero-order valence-electron chi connectivity index (χ0n) is 11.3. The first-order valence-electron chi connectivity index (χ1n) is 6.08. The third-order valence-corrected chi connectivity index (χ3v) is 3.31. The lowest BCUT2D eigenvalue weighted by molar-refractivity contribution is 0.0988. The third kappa shape index (κ3) is 1.63. The Balaban J connectivity index is 2.51. The second-order valence-electron chi connectivity index (χ2n) is 4.57. The van der Waals surface area contributed by atoms with E-state index in [2.05, 4.69) is 0 Å². The van der Waals surface area contributed by atoms with Gasteiger partial charge in [-0.3, -0.25) is 4.79 Å². The molecule has 0 radical (unpaired) electrons. The number of aryl methyl sites for hydroxylation is 1. The van der Waals surface area contributed by atoms with E-state index in [1.807, 2.05) is 0 Å². The highest BCUT2D eigenvalue weighted by molar-refractivity contribution is 6.06. The molecule has 0 N–H and O–H groups in total. The molecule has 5 nitrogen and oxygen atoms in total. The largest absolute Gasteiger partial charge is 0.497 e. The van der Waals surface area contributed by atoms with Crippen LogP contribution in [0.1, 0.15) is 23.0 Å². The minimum absolute atomic E-state index is 0.190. The monoisotopic (exact) mass is 272 g/mol. The van der Waals surface area contributed by atoms with Crippen molar-refractivity contribution < 1.29 is 18.4 Å². The van der Waals surface area contributed by atoms with Gasteiger partial charge in [0.25, 0.3) is 0 Å². The molecule has 0 aliphatic heterocycles. The van der Waals surface area contributed by atoms with Crippen molar-refractivity contribution in [3.8, 4) is 5.75 Å². The SMILES string of the molecule is COc1ccc2c(c1)oc(=O)c1c(C)c(C(C)=O)oc12. The summed E-state index contributed by atoms with van der Waals surface area (Å²) in [7, 11) is 1.53. The summed E-state index contributed by atoms with van der Waals surface area (Å²) in [5, 5.41) is 0.948. The fourth-order valence-electron chi connectivity index (χ4n) is 2.34. The van der Waals surface area contributed by atoms with Crippen molar-refractivity contribution in [2.45, 2.75) is 13.8 Å². The summed E-state index contributed by atoms with van der Waals surface area (Å²) in [6.07, 6.45) is 0. The predicted octanol–water partition coefficient (Wildman–Crippen LogP) is 3.06. The van der Waals surface area contributed by atoms with Gasteiger partial charge in [0.2, 0.25) is 0 Å². The molecule has 2 heterocycles. The third-order valence-electron chi connectivity index (χ3n) is 3.31. The van der Waals surface area contributed by atoms with Crippen molar-refractivity contribution in [3.63, 3.8) is 0 Å². The molecule has 5 heteroatoms. The molecule has 2 aromatic heterocycles. The van der Waals surface area contributed by atoms with Crippen molar-refractivity contribution in [2.75, 3.05) is 7.11 Å². The number of methoxy groups -OCH3 is 1. The van der Waals surface area contributed by atoms with Gasteiger partial charge in [-0.15, -0.1) is 0 Å². The summed E-state index contributed by atoms with van der Waals surface area (Å²) in [5.41, 5.74) is 0.737. The van der Waals surface area contributed by atoms with Crippen molar-refractivity contribution in [2.24, 2.45) is 0 Å². The molecule has 0 aliphatic rings. The van der Waals surface area contributed by atoms with Gasteiger partial charge in [0.05, 0.1) is 12.5 Å². The van der Waals surface area contributed by atoms with Crippen molar-refractivity contribution in [1.29, 1.82) is 0 Å². The number of ketones is 1. The average Bonchev–Trinajstić information content (AvgIpc) is 2.77. The second-order valence-corrected chi connectivity index (χ2v) is 4.57. The second kappa shape index (κ2) is 4.23. The Morgan fingerprint density at radius 3 is 2.65 bits per heavy atom. The van der Waals surface area contributed by atoms with Crippen LogP contribution in [0.4, 0.5) is 0 Å². The maximum absolute atomic E-state index is 12.1. The highest BCUT2D eigenvalue weighted by Crippen LogP contribution is 2.31. The van der Waals surface area contributed by atoms with Gasteiger partial charge in [-0.25, -0.2) is 4.79 Å². The number of Topliss-reactive ketones (excluding diaryl/α,β-unsaturated/α-hetero) is 1. The molecule has 3 rings (SSSR count). The quantitative estimate of drug-likeness (QED) is 0.529. The van der Waals surface area contributed by atoms with E-state index in [1.165, 1.54) is 14.0 Å².